The fraction of sp³-hybridized carbons (Fsp3) is 0.350. The molecule has 0 bridgehead atoms. The lowest BCUT2D eigenvalue weighted by Crippen LogP contribution is -2.38. The molecule has 146 valence electrons. The number of halogens is 1. The van der Waals surface area contributed by atoms with Gasteiger partial charge in [0.25, 0.3) is 0 Å². The molecule has 0 aliphatic rings. The van der Waals surface area contributed by atoms with Crippen molar-refractivity contribution in [3.8, 4) is 11.5 Å². The third kappa shape index (κ3) is 5.86. The topological polar surface area (TPSA) is 72.1 Å². The van der Waals surface area contributed by atoms with Crippen molar-refractivity contribution in [1.29, 1.82) is 0 Å². The maximum Gasteiger partial charge on any atom is 0.188 e. The molecule has 1 unspecified atom stereocenters. The molecule has 0 aromatic heterocycles. The molecule has 0 saturated carbocycles. The van der Waals surface area contributed by atoms with Gasteiger partial charge in [0.15, 0.2) is 17.5 Å². The minimum absolute atomic E-state index is 0.0421. The number of aliphatic imine (C=N–C) groups is 1. The molecule has 0 aliphatic carbocycles. The molecule has 27 heavy (non-hydrogen) atoms. The van der Waals surface area contributed by atoms with Gasteiger partial charge >= 0.3 is 0 Å². The number of likely N-dealkylation sites (N-methyl/N-ethyl adjacent to an activating group) is 1. The Morgan fingerprint density at radius 2 is 1.78 bits per heavy atom. The molecular formula is C20H27FN4O2. The van der Waals surface area contributed by atoms with Crippen LogP contribution in [0.2, 0.25) is 0 Å². The van der Waals surface area contributed by atoms with Gasteiger partial charge in [-0.05, 0) is 49.5 Å². The highest BCUT2D eigenvalue weighted by atomic mass is 19.1. The summed E-state index contributed by atoms with van der Waals surface area (Å²) in [4.78, 5) is 6.42. The van der Waals surface area contributed by atoms with Crippen LogP contribution < -0.4 is 20.5 Å². The molecule has 3 N–H and O–H groups in total. The Morgan fingerprint density at radius 3 is 2.37 bits per heavy atom. The summed E-state index contributed by atoms with van der Waals surface area (Å²) >= 11 is 0. The number of guanidine groups is 1. The Kier molecular flexibility index (Phi) is 7.43. The zero-order chi connectivity index (χ0) is 19.8. The largest absolute Gasteiger partial charge is 0.493 e. The highest BCUT2D eigenvalue weighted by Gasteiger charge is 2.14. The second-order valence-electron chi connectivity index (χ2n) is 6.30. The van der Waals surface area contributed by atoms with E-state index in [9.17, 15) is 4.39 Å². The van der Waals surface area contributed by atoms with Gasteiger partial charge in [0.1, 0.15) is 5.82 Å². The Bertz CT molecular complexity index is 763. The Labute approximate surface area is 159 Å². The van der Waals surface area contributed by atoms with E-state index in [4.69, 9.17) is 15.2 Å². The van der Waals surface area contributed by atoms with Crippen molar-refractivity contribution >= 4 is 5.96 Å². The van der Waals surface area contributed by atoms with Crippen molar-refractivity contribution in [3.05, 3.63) is 59.4 Å². The van der Waals surface area contributed by atoms with Gasteiger partial charge in [0.05, 0.1) is 26.8 Å². The smallest absolute Gasteiger partial charge is 0.188 e. The van der Waals surface area contributed by atoms with Crippen LogP contribution in [0.1, 0.15) is 17.2 Å². The SMILES string of the molecule is COc1ccc(CN=C(N)NCC(c2ccc(F)cc2)N(C)C)cc1OC. The van der Waals surface area contributed by atoms with Gasteiger partial charge in [-0.1, -0.05) is 18.2 Å². The molecule has 2 aromatic carbocycles. The number of nitrogens with two attached hydrogens (primary N) is 1. The van der Waals surface area contributed by atoms with Crippen molar-refractivity contribution in [3.63, 3.8) is 0 Å². The standard InChI is InChI=1S/C20H27FN4O2/c1-25(2)17(15-6-8-16(21)9-7-15)13-24-20(22)23-12-14-5-10-18(26-3)19(11-14)27-4/h5-11,17H,12-13H2,1-4H3,(H3,22,23,24). The fourth-order valence-corrected chi connectivity index (χ4v) is 2.70. The third-order valence-corrected chi connectivity index (χ3v) is 4.23. The van der Waals surface area contributed by atoms with E-state index in [0.29, 0.717) is 30.5 Å². The third-order valence-electron chi connectivity index (χ3n) is 4.23. The number of benzene rings is 2. The molecule has 0 fully saturated rings. The van der Waals surface area contributed by atoms with Crippen LogP contribution in [0.25, 0.3) is 0 Å². The number of ether oxygens (including phenoxy) is 2. The van der Waals surface area contributed by atoms with Crippen LogP contribution in [-0.2, 0) is 6.54 Å². The first-order valence-corrected chi connectivity index (χ1v) is 8.61. The van der Waals surface area contributed by atoms with Crippen molar-refractivity contribution in [2.75, 3.05) is 34.9 Å². The lowest BCUT2D eigenvalue weighted by Gasteiger charge is -2.25. The molecule has 2 aromatic rings. The second kappa shape index (κ2) is 9.78. The van der Waals surface area contributed by atoms with Crippen molar-refractivity contribution in [2.45, 2.75) is 12.6 Å². The number of methoxy groups -OCH3 is 2. The molecule has 1 atom stereocenters. The first-order chi connectivity index (χ1) is 12.9. The summed E-state index contributed by atoms with van der Waals surface area (Å²) in [6.07, 6.45) is 0. The Hall–Kier alpha value is -2.80. The van der Waals surface area contributed by atoms with Gasteiger partial charge in [-0.25, -0.2) is 9.38 Å². The summed E-state index contributed by atoms with van der Waals surface area (Å²) in [5, 5.41) is 3.13. The van der Waals surface area contributed by atoms with E-state index >= 15 is 0 Å². The van der Waals surface area contributed by atoms with E-state index in [2.05, 4.69) is 10.3 Å². The number of hydrogen-bond donors (Lipinski definition) is 2. The van der Waals surface area contributed by atoms with E-state index in [1.165, 1.54) is 12.1 Å². The first-order valence-electron chi connectivity index (χ1n) is 8.61. The number of rotatable bonds is 8. The molecule has 0 spiro atoms. The lowest BCUT2D eigenvalue weighted by atomic mass is 10.1. The monoisotopic (exact) mass is 374 g/mol. The van der Waals surface area contributed by atoms with Crippen LogP contribution in [0.3, 0.4) is 0 Å². The van der Waals surface area contributed by atoms with Crippen LogP contribution in [0, 0.1) is 5.82 Å². The quantitative estimate of drug-likeness (QED) is 0.549. The van der Waals surface area contributed by atoms with Crippen molar-refractivity contribution in [2.24, 2.45) is 10.7 Å². The Balaban J connectivity index is 1.98. The van der Waals surface area contributed by atoms with Crippen LogP contribution in [0.5, 0.6) is 11.5 Å². The highest BCUT2D eigenvalue weighted by molar-refractivity contribution is 5.77. The van der Waals surface area contributed by atoms with Gasteiger partial charge in [0, 0.05) is 6.54 Å². The summed E-state index contributed by atoms with van der Waals surface area (Å²) < 4.78 is 23.7. The molecule has 7 heteroatoms. The Morgan fingerprint density at radius 1 is 1.11 bits per heavy atom. The molecule has 0 aliphatic heterocycles. The fourth-order valence-electron chi connectivity index (χ4n) is 2.70. The van der Waals surface area contributed by atoms with E-state index in [-0.39, 0.29) is 11.9 Å². The molecular weight excluding hydrogens is 347 g/mol. The predicted molar refractivity (Wildman–Crippen MR) is 106 cm³/mol. The summed E-state index contributed by atoms with van der Waals surface area (Å²) in [6, 6.07) is 12.1. The minimum atomic E-state index is -0.250. The van der Waals surface area contributed by atoms with E-state index in [1.54, 1.807) is 26.4 Å². The lowest BCUT2D eigenvalue weighted by molar-refractivity contribution is 0.298. The predicted octanol–water partition coefficient (Wildman–Crippen LogP) is 2.55. The van der Waals surface area contributed by atoms with Gasteiger partial charge < -0.3 is 25.4 Å². The van der Waals surface area contributed by atoms with E-state index in [0.717, 1.165) is 11.1 Å². The van der Waals surface area contributed by atoms with Crippen molar-refractivity contribution in [1.82, 2.24) is 10.2 Å². The minimum Gasteiger partial charge on any atom is -0.493 e. The van der Waals surface area contributed by atoms with E-state index in [1.807, 2.05) is 37.2 Å². The van der Waals surface area contributed by atoms with Gasteiger partial charge in [-0.2, -0.15) is 0 Å². The zero-order valence-corrected chi connectivity index (χ0v) is 16.2. The summed E-state index contributed by atoms with van der Waals surface area (Å²) in [5.74, 6) is 1.42. The number of hydrogen-bond acceptors (Lipinski definition) is 4. The maximum atomic E-state index is 13.1. The summed E-state index contributed by atoms with van der Waals surface area (Å²) in [7, 11) is 7.12. The average molecular weight is 374 g/mol. The summed E-state index contributed by atoms with van der Waals surface area (Å²) in [6.45, 7) is 0.974. The van der Waals surface area contributed by atoms with Crippen LogP contribution in [0.4, 0.5) is 4.39 Å². The second-order valence-corrected chi connectivity index (χ2v) is 6.30. The molecule has 0 saturated heterocycles. The average Bonchev–Trinajstić information content (AvgIpc) is 2.67. The highest BCUT2D eigenvalue weighted by Crippen LogP contribution is 2.27. The zero-order valence-electron chi connectivity index (χ0n) is 16.2. The normalized spacial score (nSPS) is 12.7. The molecule has 6 nitrogen and oxygen atoms in total. The van der Waals surface area contributed by atoms with Gasteiger partial charge in [-0.3, -0.25) is 0 Å². The molecule has 0 amide bonds. The number of nitrogens with zero attached hydrogens (tertiary/aromatic N) is 2. The van der Waals surface area contributed by atoms with Gasteiger partial charge in [-0.15, -0.1) is 0 Å². The van der Waals surface area contributed by atoms with E-state index < -0.39 is 0 Å². The number of nitrogens with one attached hydrogen (secondary N) is 1. The maximum absolute atomic E-state index is 13.1. The van der Waals surface area contributed by atoms with Crippen LogP contribution in [-0.4, -0.2) is 45.7 Å². The van der Waals surface area contributed by atoms with Crippen molar-refractivity contribution < 1.29 is 13.9 Å². The first kappa shape index (κ1) is 20.5. The molecule has 0 radical (unpaired) electrons. The van der Waals surface area contributed by atoms with Crippen LogP contribution >= 0.6 is 0 Å². The molecule has 2 rings (SSSR count). The summed E-state index contributed by atoms with van der Waals surface area (Å²) in [5.41, 5.74) is 7.96. The molecule has 0 heterocycles. The van der Waals surface area contributed by atoms with Crippen LogP contribution in [0.15, 0.2) is 47.5 Å². The van der Waals surface area contributed by atoms with Gasteiger partial charge in [0.2, 0.25) is 0 Å².